The fourth-order valence-electron chi connectivity index (χ4n) is 2.96. The topological polar surface area (TPSA) is 114 Å². The maximum atomic E-state index is 12.6. The van der Waals surface area contributed by atoms with Gasteiger partial charge in [0.25, 0.3) is 15.9 Å². The molecule has 0 aromatic heterocycles. The van der Waals surface area contributed by atoms with Crippen molar-refractivity contribution in [2.24, 2.45) is 0 Å². The molecule has 3 N–H and O–H groups in total. The van der Waals surface area contributed by atoms with Crippen LogP contribution in [0, 0.1) is 0 Å². The SMILES string of the molecule is CC(=O)NS(=O)(=O)c1ccc(NC(=S)NC(=O)c2cccc(OCCc3ccccc3)c2)cc1. The summed E-state index contributed by atoms with van der Waals surface area (Å²) in [6, 6.07) is 22.3. The van der Waals surface area contributed by atoms with E-state index in [1.807, 2.05) is 35.1 Å². The van der Waals surface area contributed by atoms with Crippen LogP contribution in [0.2, 0.25) is 0 Å². The Morgan fingerprint density at radius 3 is 2.32 bits per heavy atom. The average Bonchev–Trinajstić information content (AvgIpc) is 2.79. The molecule has 0 saturated carbocycles. The number of rotatable bonds is 8. The predicted octanol–water partition coefficient (Wildman–Crippen LogP) is 3.26. The van der Waals surface area contributed by atoms with Crippen molar-refractivity contribution in [2.75, 3.05) is 11.9 Å². The summed E-state index contributed by atoms with van der Waals surface area (Å²) in [4.78, 5) is 23.5. The van der Waals surface area contributed by atoms with E-state index in [1.54, 1.807) is 24.3 Å². The minimum atomic E-state index is -3.93. The number of carbonyl (C=O) groups excluding carboxylic acids is 2. The molecule has 0 radical (unpaired) electrons. The molecule has 176 valence electrons. The van der Waals surface area contributed by atoms with Gasteiger partial charge in [-0.2, -0.15) is 0 Å². The Morgan fingerprint density at radius 2 is 1.65 bits per heavy atom. The van der Waals surface area contributed by atoms with Crippen LogP contribution in [0.3, 0.4) is 0 Å². The molecule has 3 aromatic rings. The van der Waals surface area contributed by atoms with Crippen molar-refractivity contribution in [1.82, 2.24) is 10.0 Å². The highest BCUT2D eigenvalue weighted by Crippen LogP contribution is 2.16. The largest absolute Gasteiger partial charge is 0.493 e. The van der Waals surface area contributed by atoms with Crippen LogP contribution in [0.4, 0.5) is 5.69 Å². The van der Waals surface area contributed by atoms with Gasteiger partial charge >= 0.3 is 0 Å². The van der Waals surface area contributed by atoms with Crippen LogP contribution in [-0.2, 0) is 21.2 Å². The van der Waals surface area contributed by atoms with Crippen LogP contribution in [0.1, 0.15) is 22.8 Å². The van der Waals surface area contributed by atoms with Gasteiger partial charge in [0.1, 0.15) is 5.75 Å². The van der Waals surface area contributed by atoms with Crippen molar-refractivity contribution in [3.8, 4) is 5.75 Å². The van der Waals surface area contributed by atoms with Gasteiger partial charge in [0.2, 0.25) is 5.91 Å². The number of amides is 2. The summed E-state index contributed by atoms with van der Waals surface area (Å²) >= 11 is 5.18. The molecule has 0 heterocycles. The van der Waals surface area contributed by atoms with Crippen LogP contribution in [0.25, 0.3) is 0 Å². The number of benzene rings is 3. The molecule has 3 aromatic carbocycles. The summed E-state index contributed by atoms with van der Waals surface area (Å²) in [5.74, 6) is -0.536. The van der Waals surface area contributed by atoms with Crippen molar-refractivity contribution in [3.63, 3.8) is 0 Å². The van der Waals surface area contributed by atoms with Gasteiger partial charge < -0.3 is 10.1 Å². The van der Waals surface area contributed by atoms with Crippen LogP contribution < -0.4 is 20.1 Å². The van der Waals surface area contributed by atoms with Gasteiger partial charge in [0.15, 0.2) is 5.11 Å². The van der Waals surface area contributed by atoms with E-state index >= 15 is 0 Å². The van der Waals surface area contributed by atoms with Gasteiger partial charge in [0.05, 0.1) is 11.5 Å². The fourth-order valence-corrected chi connectivity index (χ4v) is 4.16. The van der Waals surface area contributed by atoms with Gasteiger partial charge in [0, 0.05) is 24.6 Å². The molecule has 2 amide bonds. The number of hydrogen-bond donors (Lipinski definition) is 3. The molecular weight excluding hydrogens is 474 g/mol. The third kappa shape index (κ3) is 7.39. The Hall–Kier alpha value is -3.76. The van der Waals surface area contributed by atoms with Crippen LogP contribution in [0.5, 0.6) is 5.75 Å². The molecular formula is C24H23N3O5S2. The number of carbonyl (C=O) groups is 2. The zero-order valence-corrected chi connectivity index (χ0v) is 19.9. The van der Waals surface area contributed by atoms with Gasteiger partial charge in [-0.15, -0.1) is 0 Å². The predicted molar refractivity (Wildman–Crippen MR) is 133 cm³/mol. The van der Waals surface area contributed by atoms with Gasteiger partial charge in [-0.25, -0.2) is 13.1 Å². The van der Waals surface area contributed by atoms with E-state index in [4.69, 9.17) is 17.0 Å². The Bertz CT molecular complexity index is 1280. The minimum absolute atomic E-state index is 0.0397. The van der Waals surface area contributed by atoms with Crippen LogP contribution in [0.15, 0.2) is 83.8 Å². The first-order valence-corrected chi connectivity index (χ1v) is 12.1. The molecule has 0 bridgehead atoms. The first kappa shape index (κ1) is 24.9. The molecule has 0 fully saturated rings. The summed E-state index contributed by atoms with van der Waals surface area (Å²) in [7, 11) is -3.93. The smallest absolute Gasteiger partial charge is 0.264 e. The molecule has 0 aliphatic carbocycles. The molecule has 0 aliphatic rings. The van der Waals surface area contributed by atoms with Crippen molar-refractivity contribution in [1.29, 1.82) is 0 Å². The van der Waals surface area contributed by atoms with Crippen LogP contribution >= 0.6 is 12.2 Å². The molecule has 34 heavy (non-hydrogen) atoms. The first-order chi connectivity index (χ1) is 16.2. The molecule has 0 atom stereocenters. The monoisotopic (exact) mass is 497 g/mol. The third-order valence-electron chi connectivity index (χ3n) is 4.53. The second-order valence-corrected chi connectivity index (χ2v) is 9.30. The number of nitrogens with one attached hydrogen (secondary N) is 3. The Kier molecular flexibility index (Phi) is 8.34. The van der Waals surface area contributed by atoms with E-state index in [-0.39, 0.29) is 10.0 Å². The number of thiocarbonyl (C=S) groups is 1. The van der Waals surface area contributed by atoms with Crippen molar-refractivity contribution in [2.45, 2.75) is 18.2 Å². The molecule has 0 saturated heterocycles. The normalized spacial score (nSPS) is 10.7. The zero-order valence-electron chi connectivity index (χ0n) is 18.3. The molecule has 0 unspecified atom stereocenters. The zero-order chi connectivity index (χ0) is 24.6. The summed E-state index contributed by atoms with van der Waals surface area (Å²) in [6.45, 7) is 1.59. The maximum Gasteiger partial charge on any atom is 0.264 e. The summed E-state index contributed by atoms with van der Waals surface area (Å²) in [5.41, 5.74) is 2.00. The maximum absolute atomic E-state index is 12.6. The lowest BCUT2D eigenvalue weighted by molar-refractivity contribution is -0.117. The summed E-state index contributed by atoms with van der Waals surface area (Å²) in [5, 5.41) is 5.43. The number of sulfonamides is 1. The van der Waals surface area contributed by atoms with Crippen molar-refractivity contribution < 1.29 is 22.7 Å². The lowest BCUT2D eigenvalue weighted by atomic mass is 10.2. The molecule has 10 heteroatoms. The Morgan fingerprint density at radius 1 is 0.941 bits per heavy atom. The summed E-state index contributed by atoms with van der Waals surface area (Å²) in [6.07, 6.45) is 0.746. The lowest BCUT2D eigenvalue weighted by Gasteiger charge is -2.11. The molecule has 8 nitrogen and oxygen atoms in total. The minimum Gasteiger partial charge on any atom is -0.493 e. The van der Waals surface area contributed by atoms with Gasteiger partial charge in [-0.3, -0.25) is 14.9 Å². The van der Waals surface area contributed by atoms with Gasteiger partial charge in [-0.1, -0.05) is 36.4 Å². The van der Waals surface area contributed by atoms with Crippen LogP contribution in [-0.4, -0.2) is 32.0 Å². The van der Waals surface area contributed by atoms with E-state index in [2.05, 4.69) is 10.6 Å². The molecule has 3 rings (SSSR count). The van der Waals surface area contributed by atoms with Gasteiger partial charge in [-0.05, 0) is 60.2 Å². The van der Waals surface area contributed by atoms with E-state index < -0.39 is 21.8 Å². The van der Waals surface area contributed by atoms with E-state index in [0.717, 1.165) is 18.9 Å². The Balaban J connectivity index is 1.53. The summed E-state index contributed by atoms with van der Waals surface area (Å²) < 4.78 is 31.6. The van der Waals surface area contributed by atoms with E-state index in [9.17, 15) is 18.0 Å². The van der Waals surface area contributed by atoms with Crippen molar-refractivity contribution >= 4 is 44.9 Å². The van der Waals surface area contributed by atoms with Crippen molar-refractivity contribution in [3.05, 3.63) is 90.0 Å². The number of anilines is 1. The first-order valence-electron chi connectivity index (χ1n) is 10.3. The average molecular weight is 498 g/mol. The highest BCUT2D eigenvalue weighted by molar-refractivity contribution is 7.90. The Labute approximate surface area is 203 Å². The second-order valence-electron chi connectivity index (χ2n) is 7.21. The third-order valence-corrected chi connectivity index (χ3v) is 6.18. The molecule has 0 spiro atoms. The standard InChI is InChI=1S/C24H23N3O5S2/c1-17(28)27-34(30,31)22-12-10-20(11-13-22)25-24(33)26-23(29)19-8-5-9-21(16-19)32-15-14-18-6-3-2-4-7-18/h2-13,16H,14-15H2,1H3,(H,27,28)(H2,25,26,29,33). The lowest BCUT2D eigenvalue weighted by Crippen LogP contribution is -2.34. The van der Waals surface area contributed by atoms with E-state index in [0.29, 0.717) is 23.6 Å². The number of ether oxygens (including phenoxy) is 1. The molecule has 0 aliphatic heterocycles. The number of hydrogen-bond acceptors (Lipinski definition) is 6. The van der Waals surface area contributed by atoms with E-state index in [1.165, 1.54) is 24.3 Å². The quantitative estimate of drug-likeness (QED) is 0.410. The fraction of sp³-hybridized carbons (Fsp3) is 0.125. The highest BCUT2D eigenvalue weighted by Gasteiger charge is 2.15. The highest BCUT2D eigenvalue weighted by atomic mass is 32.2. The second kappa shape index (κ2) is 11.4.